The Morgan fingerprint density at radius 1 is 1.16 bits per heavy atom. The lowest BCUT2D eigenvalue weighted by Gasteiger charge is -2.20. The van der Waals surface area contributed by atoms with Crippen LogP contribution in [0.25, 0.3) is 0 Å². The second-order valence-corrected chi connectivity index (χ2v) is 9.38. The molecule has 2 aromatic carbocycles. The molecule has 8 heteroatoms. The van der Waals surface area contributed by atoms with Crippen LogP contribution in [0, 0.1) is 0 Å². The number of carbonyl (C=O) groups is 1. The minimum absolute atomic E-state index is 0.143. The van der Waals surface area contributed by atoms with Crippen LogP contribution in [-0.2, 0) is 27.7 Å². The Balaban J connectivity index is 1.73. The molecule has 0 unspecified atom stereocenters. The smallest absolute Gasteiger partial charge is 0.264 e. The Kier molecular flexibility index (Phi) is 7.58. The molecule has 0 saturated heterocycles. The van der Waals surface area contributed by atoms with Crippen molar-refractivity contribution in [3.05, 3.63) is 60.2 Å². The summed E-state index contributed by atoms with van der Waals surface area (Å²) in [5, 5.41) is 0. The highest BCUT2D eigenvalue weighted by atomic mass is 32.2. The van der Waals surface area contributed by atoms with Gasteiger partial charge in [-0.3, -0.25) is 4.79 Å². The Labute approximate surface area is 190 Å². The summed E-state index contributed by atoms with van der Waals surface area (Å²) in [6.45, 7) is 8.54. The van der Waals surface area contributed by atoms with Gasteiger partial charge in [-0.25, -0.2) is 8.42 Å². The standard InChI is InChI=1S/C24H30N2O5S/c1-5-8-18-9-12-22(23(15-18)30-4)31-17-24(27)26-14-13-19-16-20(10-11-21(19)26)32(28,29)25(6-2)7-3/h5,9-12,15-16H,1,6-8,13-14,17H2,2-4H3. The number of hydrogen-bond acceptors (Lipinski definition) is 5. The number of sulfonamides is 1. The molecule has 0 aliphatic carbocycles. The quantitative estimate of drug-likeness (QED) is 0.510. The van der Waals surface area contributed by atoms with Gasteiger partial charge in [-0.15, -0.1) is 6.58 Å². The second-order valence-electron chi connectivity index (χ2n) is 7.44. The van der Waals surface area contributed by atoms with E-state index in [1.54, 1.807) is 36.3 Å². The van der Waals surface area contributed by atoms with E-state index in [1.807, 2.05) is 32.1 Å². The zero-order valence-electron chi connectivity index (χ0n) is 18.8. The summed E-state index contributed by atoms with van der Waals surface area (Å²) in [5.74, 6) is 0.860. The van der Waals surface area contributed by atoms with Crippen molar-refractivity contribution in [3.63, 3.8) is 0 Å². The SMILES string of the molecule is C=CCc1ccc(OCC(=O)N2CCc3cc(S(=O)(=O)N(CC)CC)ccc32)c(OC)c1. The average molecular weight is 459 g/mol. The number of allylic oxidation sites excluding steroid dienone is 1. The number of ether oxygens (including phenoxy) is 2. The van der Waals surface area contributed by atoms with Crippen molar-refractivity contribution < 1.29 is 22.7 Å². The molecule has 2 aromatic rings. The largest absolute Gasteiger partial charge is 0.493 e. The predicted octanol–water partition coefficient (Wildman–Crippen LogP) is 3.42. The van der Waals surface area contributed by atoms with E-state index in [-0.39, 0.29) is 17.4 Å². The van der Waals surface area contributed by atoms with Gasteiger partial charge >= 0.3 is 0 Å². The fourth-order valence-electron chi connectivity index (χ4n) is 3.85. The third-order valence-corrected chi connectivity index (χ3v) is 7.60. The molecule has 0 saturated carbocycles. The first-order chi connectivity index (χ1) is 15.3. The molecule has 0 bridgehead atoms. The van der Waals surface area contributed by atoms with Crippen LogP contribution in [0.5, 0.6) is 11.5 Å². The topological polar surface area (TPSA) is 76.2 Å². The molecule has 0 N–H and O–H groups in total. The van der Waals surface area contributed by atoms with Crippen LogP contribution >= 0.6 is 0 Å². The van der Waals surface area contributed by atoms with Gasteiger partial charge in [-0.2, -0.15) is 4.31 Å². The summed E-state index contributed by atoms with van der Waals surface area (Å²) < 4.78 is 38.2. The van der Waals surface area contributed by atoms with Crippen LogP contribution in [0.4, 0.5) is 5.69 Å². The summed E-state index contributed by atoms with van der Waals surface area (Å²) in [6, 6.07) is 10.5. The molecule has 1 heterocycles. The summed E-state index contributed by atoms with van der Waals surface area (Å²) in [7, 11) is -1.98. The lowest BCUT2D eigenvalue weighted by Crippen LogP contribution is -2.33. The summed E-state index contributed by atoms with van der Waals surface area (Å²) in [5.41, 5.74) is 2.61. The van der Waals surface area contributed by atoms with Crippen molar-refractivity contribution in [2.45, 2.75) is 31.6 Å². The molecule has 0 fully saturated rings. The van der Waals surface area contributed by atoms with Gasteiger partial charge in [-0.05, 0) is 54.3 Å². The van der Waals surface area contributed by atoms with E-state index < -0.39 is 10.0 Å². The second kappa shape index (κ2) is 10.2. The van der Waals surface area contributed by atoms with E-state index in [0.29, 0.717) is 44.0 Å². The predicted molar refractivity (Wildman–Crippen MR) is 125 cm³/mol. The van der Waals surface area contributed by atoms with Crippen molar-refractivity contribution in [1.29, 1.82) is 0 Å². The van der Waals surface area contributed by atoms with E-state index in [0.717, 1.165) is 16.8 Å². The van der Waals surface area contributed by atoms with Crippen LogP contribution in [0.1, 0.15) is 25.0 Å². The third kappa shape index (κ3) is 4.81. The van der Waals surface area contributed by atoms with E-state index >= 15 is 0 Å². The van der Waals surface area contributed by atoms with Gasteiger partial charge in [0, 0.05) is 25.3 Å². The molecule has 1 amide bonds. The van der Waals surface area contributed by atoms with Gasteiger partial charge < -0.3 is 14.4 Å². The number of fused-ring (bicyclic) bond motifs is 1. The molecule has 0 radical (unpaired) electrons. The van der Waals surface area contributed by atoms with Crippen molar-refractivity contribution in [2.24, 2.45) is 0 Å². The molecule has 1 aliphatic heterocycles. The highest BCUT2D eigenvalue weighted by Crippen LogP contribution is 2.32. The lowest BCUT2D eigenvalue weighted by atomic mass is 10.1. The van der Waals surface area contributed by atoms with E-state index in [2.05, 4.69) is 6.58 Å². The maximum Gasteiger partial charge on any atom is 0.264 e. The normalized spacial score (nSPS) is 13.2. The Hall–Kier alpha value is -2.84. The minimum atomic E-state index is -3.54. The Morgan fingerprint density at radius 2 is 1.91 bits per heavy atom. The molecule has 32 heavy (non-hydrogen) atoms. The maximum absolute atomic E-state index is 12.9. The first-order valence-electron chi connectivity index (χ1n) is 10.7. The van der Waals surface area contributed by atoms with Crippen LogP contribution in [0.3, 0.4) is 0 Å². The molecule has 0 spiro atoms. The summed E-state index contributed by atoms with van der Waals surface area (Å²) >= 11 is 0. The van der Waals surface area contributed by atoms with Crippen molar-refractivity contribution >= 4 is 21.6 Å². The number of anilines is 1. The first-order valence-corrected chi connectivity index (χ1v) is 12.1. The molecule has 3 rings (SSSR count). The van der Waals surface area contributed by atoms with Crippen molar-refractivity contribution in [3.8, 4) is 11.5 Å². The van der Waals surface area contributed by atoms with Crippen LogP contribution in [0.15, 0.2) is 53.9 Å². The summed E-state index contributed by atoms with van der Waals surface area (Å²) in [6.07, 6.45) is 3.12. The lowest BCUT2D eigenvalue weighted by molar-refractivity contribution is -0.120. The van der Waals surface area contributed by atoms with Gasteiger partial charge in [-0.1, -0.05) is 26.0 Å². The van der Waals surface area contributed by atoms with E-state index in [4.69, 9.17) is 9.47 Å². The molecule has 0 aromatic heterocycles. The van der Waals surface area contributed by atoms with Crippen molar-refractivity contribution in [1.82, 2.24) is 4.31 Å². The number of carbonyl (C=O) groups excluding carboxylic acids is 1. The number of nitrogens with zero attached hydrogens (tertiary/aromatic N) is 2. The number of methoxy groups -OCH3 is 1. The van der Waals surface area contributed by atoms with Crippen molar-refractivity contribution in [2.75, 3.05) is 38.3 Å². The zero-order chi connectivity index (χ0) is 23.3. The van der Waals surface area contributed by atoms with Crippen LogP contribution in [-0.4, -0.2) is 52.0 Å². The van der Waals surface area contributed by atoms with Gasteiger partial charge in [0.2, 0.25) is 10.0 Å². The zero-order valence-corrected chi connectivity index (χ0v) is 19.7. The monoisotopic (exact) mass is 458 g/mol. The average Bonchev–Trinajstić information content (AvgIpc) is 3.22. The van der Waals surface area contributed by atoms with Crippen LogP contribution in [0.2, 0.25) is 0 Å². The first kappa shape index (κ1) is 23.8. The molecule has 7 nitrogen and oxygen atoms in total. The van der Waals surface area contributed by atoms with Gasteiger partial charge in [0.05, 0.1) is 12.0 Å². The fourth-order valence-corrected chi connectivity index (χ4v) is 5.36. The van der Waals surface area contributed by atoms with E-state index in [9.17, 15) is 13.2 Å². The Bertz CT molecular complexity index is 1090. The molecule has 1 aliphatic rings. The fraction of sp³-hybridized carbons (Fsp3) is 0.375. The van der Waals surface area contributed by atoms with Crippen LogP contribution < -0.4 is 14.4 Å². The number of benzene rings is 2. The van der Waals surface area contributed by atoms with Gasteiger partial charge in [0.25, 0.3) is 5.91 Å². The van der Waals surface area contributed by atoms with E-state index in [1.165, 1.54) is 4.31 Å². The highest BCUT2D eigenvalue weighted by Gasteiger charge is 2.28. The molecule has 172 valence electrons. The highest BCUT2D eigenvalue weighted by molar-refractivity contribution is 7.89. The number of amides is 1. The minimum Gasteiger partial charge on any atom is -0.493 e. The summed E-state index contributed by atoms with van der Waals surface area (Å²) in [4.78, 5) is 14.8. The number of rotatable bonds is 10. The number of hydrogen-bond donors (Lipinski definition) is 0. The molecule has 0 atom stereocenters. The van der Waals surface area contributed by atoms with Gasteiger partial charge in [0.15, 0.2) is 18.1 Å². The Morgan fingerprint density at radius 3 is 2.56 bits per heavy atom. The molecular formula is C24H30N2O5S. The third-order valence-electron chi connectivity index (χ3n) is 5.55. The maximum atomic E-state index is 12.9. The van der Waals surface area contributed by atoms with Gasteiger partial charge in [0.1, 0.15) is 0 Å². The molecular weight excluding hydrogens is 428 g/mol.